The summed E-state index contributed by atoms with van der Waals surface area (Å²) in [5, 5.41) is 3.38. The molecule has 10 heteroatoms. The van der Waals surface area contributed by atoms with Gasteiger partial charge in [-0.15, -0.1) is 12.4 Å². The number of aromatic nitrogens is 4. The lowest BCUT2D eigenvalue weighted by atomic mass is 10.2. The molecule has 25 heavy (non-hydrogen) atoms. The molecule has 0 atom stereocenters. The first-order chi connectivity index (χ1) is 11.4. The van der Waals surface area contributed by atoms with Gasteiger partial charge in [0.1, 0.15) is 30.2 Å². The minimum absolute atomic E-state index is 0. The van der Waals surface area contributed by atoms with Gasteiger partial charge < -0.3 is 10.3 Å². The Bertz CT molecular complexity index is 878. The summed E-state index contributed by atoms with van der Waals surface area (Å²) < 4.78 is 50.9. The Balaban J connectivity index is 0.00000225. The molecule has 0 aliphatic heterocycles. The Morgan fingerprint density at radius 1 is 1.16 bits per heavy atom. The van der Waals surface area contributed by atoms with Crippen molar-refractivity contribution >= 4 is 29.3 Å². The Morgan fingerprint density at radius 3 is 2.60 bits per heavy atom. The van der Waals surface area contributed by atoms with Crippen LogP contribution in [0.1, 0.15) is 22.5 Å². The van der Waals surface area contributed by atoms with Gasteiger partial charge in [0.15, 0.2) is 0 Å². The fourth-order valence-corrected chi connectivity index (χ4v) is 2.30. The molecule has 0 radical (unpaired) electrons. The number of hydrogen-bond donors (Lipinski definition) is 2. The molecule has 3 rings (SSSR count). The number of nitrogens with one attached hydrogen (secondary N) is 2. The summed E-state index contributed by atoms with van der Waals surface area (Å²) in [7, 11) is 0. The van der Waals surface area contributed by atoms with Crippen molar-refractivity contribution in [2.45, 2.75) is 26.3 Å². The van der Waals surface area contributed by atoms with E-state index < -0.39 is 18.5 Å². The molecule has 0 spiro atoms. The molecular formula is C15H14ClF4N5. The van der Waals surface area contributed by atoms with Gasteiger partial charge >= 0.3 is 6.18 Å². The van der Waals surface area contributed by atoms with Crippen LogP contribution in [0.3, 0.4) is 0 Å². The molecule has 0 aromatic carbocycles. The molecule has 2 N–H and O–H groups in total. The molecule has 0 aliphatic carbocycles. The molecule has 134 valence electrons. The Kier molecular flexibility index (Phi) is 5.46. The Hall–Kier alpha value is -2.42. The second-order valence-corrected chi connectivity index (χ2v) is 5.24. The van der Waals surface area contributed by atoms with E-state index in [-0.39, 0.29) is 18.1 Å². The van der Waals surface area contributed by atoms with Gasteiger partial charge in [-0.2, -0.15) is 13.2 Å². The molecule has 3 aromatic heterocycles. The van der Waals surface area contributed by atoms with Crippen LogP contribution >= 0.6 is 12.4 Å². The zero-order valence-electron chi connectivity index (χ0n) is 13.0. The van der Waals surface area contributed by atoms with E-state index in [2.05, 4.69) is 25.3 Å². The van der Waals surface area contributed by atoms with Gasteiger partial charge in [0.05, 0.1) is 5.69 Å². The minimum atomic E-state index is -4.44. The van der Waals surface area contributed by atoms with E-state index in [0.29, 0.717) is 34.6 Å². The van der Waals surface area contributed by atoms with Crippen LogP contribution in [0.2, 0.25) is 0 Å². The molecule has 3 aromatic rings. The molecule has 0 aliphatic rings. The smallest absolute Gasteiger partial charge is 0.366 e. The van der Waals surface area contributed by atoms with Crippen LogP contribution in [0.25, 0.3) is 11.0 Å². The van der Waals surface area contributed by atoms with E-state index >= 15 is 0 Å². The van der Waals surface area contributed by atoms with E-state index in [0.717, 1.165) is 6.07 Å². The quantitative estimate of drug-likeness (QED) is 0.671. The summed E-state index contributed by atoms with van der Waals surface area (Å²) in [4.78, 5) is 14.1. The highest BCUT2D eigenvalue weighted by Crippen LogP contribution is 2.30. The van der Waals surface area contributed by atoms with Crippen LogP contribution in [-0.4, -0.2) is 19.9 Å². The summed E-state index contributed by atoms with van der Waals surface area (Å²) in [6, 6.07) is 2.62. The number of halogens is 5. The maximum atomic E-state index is 12.8. The highest BCUT2D eigenvalue weighted by atomic mass is 35.5. The van der Waals surface area contributed by atoms with Crippen molar-refractivity contribution in [1.29, 1.82) is 0 Å². The molecule has 3 heterocycles. The second-order valence-electron chi connectivity index (χ2n) is 5.24. The third kappa shape index (κ3) is 3.98. The van der Waals surface area contributed by atoms with Crippen molar-refractivity contribution < 1.29 is 17.6 Å². The van der Waals surface area contributed by atoms with Crippen LogP contribution in [0.15, 0.2) is 24.7 Å². The average Bonchev–Trinajstić information content (AvgIpc) is 2.97. The van der Waals surface area contributed by atoms with Gasteiger partial charge in [-0.3, -0.25) is 0 Å². The third-order valence-corrected chi connectivity index (χ3v) is 3.61. The van der Waals surface area contributed by atoms with Crippen LogP contribution in [0, 0.1) is 6.92 Å². The zero-order valence-corrected chi connectivity index (χ0v) is 13.8. The lowest BCUT2D eigenvalue weighted by Crippen LogP contribution is -2.06. The minimum Gasteiger partial charge on any atom is -0.366 e. The largest absolute Gasteiger partial charge is 0.431 e. The Morgan fingerprint density at radius 2 is 1.92 bits per heavy atom. The van der Waals surface area contributed by atoms with E-state index in [1.807, 2.05) is 0 Å². The van der Waals surface area contributed by atoms with Crippen molar-refractivity contribution in [2.24, 2.45) is 0 Å². The number of nitrogens with zero attached hydrogens (tertiary/aromatic N) is 3. The Labute approximate surface area is 146 Å². The summed E-state index contributed by atoms with van der Waals surface area (Å²) >= 11 is 0. The molecule has 0 unspecified atom stereocenters. The summed E-state index contributed by atoms with van der Waals surface area (Å²) in [6.45, 7) is 1.29. The SMILES string of the molecule is Cc1c(CF)ncnc1NCc1cnc2[nH]c(C(F)(F)F)cc2c1.Cl. The number of anilines is 1. The van der Waals surface area contributed by atoms with Crippen molar-refractivity contribution in [2.75, 3.05) is 5.32 Å². The van der Waals surface area contributed by atoms with Crippen molar-refractivity contribution in [3.63, 3.8) is 0 Å². The lowest BCUT2D eigenvalue weighted by Gasteiger charge is -2.09. The third-order valence-electron chi connectivity index (χ3n) is 3.61. The topological polar surface area (TPSA) is 66.5 Å². The van der Waals surface area contributed by atoms with E-state index in [1.54, 1.807) is 13.0 Å². The van der Waals surface area contributed by atoms with Crippen molar-refractivity contribution in [1.82, 2.24) is 19.9 Å². The summed E-state index contributed by atoms with van der Waals surface area (Å²) in [6.07, 6.45) is -1.72. The maximum absolute atomic E-state index is 12.8. The standard InChI is InChI=1S/C15H13F4N5.ClH/c1-8-11(4-16)22-7-23-13(8)20-5-9-2-10-3-12(15(17,18)19)24-14(10)21-6-9;/h2-3,6-7H,4-5H2,1H3,(H,21,24)(H,20,22,23);1H. The van der Waals surface area contributed by atoms with Crippen LogP contribution in [-0.2, 0) is 19.4 Å². The number of hydrogen-bond acceptors (Lipinski definition) is 4. The molecule has 0 bridgehead atoms. The molecule has 0 amide bonds. The fraction of sp³-hybridized carbons (Fsp3) is 0.267. The van der Waals surface area contributed by atoms with Gasteiger partial charge in [-0.25, -0.2) is 19.3 Å². The van der Waals surface area contributed by atoms with E-state index in [1.165, 1.54) is 12.5 Å². The molecular weight excluding hydrogens is 362 g/mol. The highest BCUT2D eigenvalue weighted by Gasteiger charge is 2.32. The first kappa shape index (κ1) is 18.9. The molecule has 0 fully saturated rings. The lowest BCUT2D eigenvalue weighted by molar-refractivity contribution is -0.140. The highest BCUT2D eigenvalue weighted by molar-refractivity contribution is 5.85. The number of fused-ring (bicyclic) bond motifs is 1. The zero-order chi connectivity index (χ0) is 17.3. The first-order valence-electron chi connectivity index (χ1n) is 7.03. The number of alkyl halides is 4. The molecule has 5 nitrogen and oxygen atoms in total. The number of rotatable bonds is 4. The summed E-state index contributed by atoms with van der Waals surface area (Å²) in [5.74, 6) is 0.475. The second kappa shape index (κ2) is 7.22. The van der Waals surface area contributed by atoms with Gasteiger partial charge in [0, 0.05) is 23.7 Å². The molecule has 0 saturated carbocycles. The maximum Gasteiger partial charge on any atom is 0.431 e. The predicted molar refractivity (Wildman–Crippen MR) is 87.3 cm³/mol. The first-order valence-corrected chi connectivity index (χ1v) is 7.03. The van der Waals surface area contributed by atoms with Gasteiger partial charge in [-0.05, 0) is 24.6 Å². The van der Waals surface area contributed by atoms with Crippen molar-refractivity contribution in [3.8, 4) is 0 Å². The van der Waals surface area contributed by atoms with Gasteiger partial charge in [0.2, 0.25) is 0 Å². The van der Waals surface area contributed by atoms with Crippen molar-refractivity contribution in [3.05, 3.63) is 47.2 Å². The van der Waals surface area contributed by atoms with Crippen LogP contribution in [0.5, 0.6) is 0 Å². The predicted octanol–water partition coefficient (Wildman–Crippen LogP) is 4.18. The summed E-state index contributed by atoms with van der Waals surface area (Å²) in [5.41, 5.74) is 0.893. The number of aromatic amines is 1. The van der Waals surface area contributed by atoms with Gasteiger partial charge in [-0.1, -0.05) is 0 Å². The van der Waals surface area contributed by atoms with E-state index in [9.17, 15) is 17.6 Å². The van der Waals surface area contributed by atoms with Crippen LogP contribution in [0.4, 0.5) is 23.4 Å². The normalized spacial score (nSPS) is 11.4. The monoisotopic (exact) mass is 375 g/mol. The average molecular weight is 376 g/mol. The molecule has 0 saturated heterocycles. The fourth-order valence-electron chi connectivity index (χ4n) is 2.30. The van der Waals surface area contributed by atoms with Crippen LogP contribution < -0.4 is 5.32 Å². The van der Waals surface area contributed by atoms with E-state index in [4.69, 9.17) is 0 Å². The van der Waals surface area contributed by atoms with Gasteiger partial charge in [0.25, 0.3) is 0 Å². The number of H-pyrrole nitrogens is 1. The number of pyridine rings is 1.